The van der Waals surface area contributed by atoms with Gasteiger partial charge in [-0.05, 0) is 23.1 Å². The largest absolute Gasteiger partial charge is 0.380 e. The molecule has 0 atom stereocenters. The molecule has 5 heteroatoms. The quantitative estimate of drug-likeness (QED) is 0.666. The summed E-state index contributed by atoms with van der Waals surface area (Å²) >= 11 is 0. The summed E-state index contributed by atoms with van der Waals surface area (Å²) in [6.45, 7) is 3.70. The van der Waals surface area contributed by atoms with Crippen molar-refractivity contribution in [1.82, 2.24) is 15.1 Å². The number of rotatable bonds is 8. The van der Waals surface area contributed by atoms with Crippen LogP contribution >= 0.6 is 0 Å². The highest BCUT2D eigenvalue weighted by molar-refractivity contribution is 5.95. The van der Waals surface area contributed by atoms with Crippen LogP contribution in [0.2, 0.25) is 0 Å². The highest BCUT2D eigenvalue weighted by atomic mass is 16.5. The Kier molecular flexibility index (Phi) is 6.39. The predicted octanol–water partition coefficient (Wildman–Crippen LogP) is 3.57. The number of ether oxygens (including phenoxy) is 1. The van der Waals surface area contributed by atoms with Gasteiger partial charge in [-0.25, -0.2) is 0 Å². The minimum atomic E-state index is -0.0987. The number of benzene rings is 2. The molecule has 0 unspecified atom stereocenters. The molecule has 0 bridgehead atoms. The van der Waals surface area contributed by atoms with Crippen molar-refractivity contribution in [3.05, 3.63) is 88.7 Å². The van der Waals surface area contributed by atoms with E-state index in [-0.39, 0.29) is 5.91 Å². The smallest absolute Gasteiger partial charge is 0.255 e. The Bertz CT molecular complexity index is 888. The van der Waals surface area contributed by atoms with Gasteiger partial charge < -0.3 is 10.1 Å². The standard InChI is InChI=1S/C22H25N3O2/c1-3-21-20(14-24-25(21)15-17-9-5-4-6-10-17)22(26)23-13-18-11-7-8-12-19(18)16-27-2/h4-12,14H,3,13,15-16H2,1-2H3,(H,23,26). The van der Waals surface area contributed by atoms with E-state index in [4.69, 9.17) is 4.74 Å². The summed E-state index contributed by atoms with van der Waals surface area (Å²) in [6, 6.07) is 18.1. The lowest BCUT2D eigenvalue weighted by atomic mass is 10.1. The van der Waals surface area contributed by atoms with Crippen molar-refractivity contribution in [2.24, 2.45) is 0 Å². The van der Waals surface area contributed by atoms with Gasteiger partial charge in [0.1, 0.15) is 0 Å². The molecule has 1 heterocycles. The van der Waals surface area contributed by atoms with E-state index in [1.54, 1.807) is 13.3 Å². The van der Waals surface area contributed by atoms with Gasteiger partial charge in [0.2, 0.25) is 0 Å². The van der Waals surface area contributed by atoms with Gasteiger partial charge in [-0.15, -0.1) is 0 Å². The molecule has 0 radical (unpaired) electrons. The number of nitrogens with one attached hydrogen (secondary N) is 1. The Balaban J connectivity index is 1.72. The number of hydrogen-bond donors (Lipinski definition) is 1. The van der Waals surface area contributed by atoms with Gasteiger partial charge in [0, 0.05) is 13.7 Å². The summed E-state index contributed by atoms with van der Waals surface area (Å²) in [7, 11) is 1.67. The lowest BCUT2D eigenvalue weighted by Gasteiger charge is -2.11. The highest BCUT2D eigenvalue weighted by Gasteiger charge is 2.16. The van der Waals surface area contributed by atoms with Crippen LogP contribution in [0.25, 0.3) is 0 Å². The topological polar surface area (TPSA) is 56.1 Å². The van der Waals surface area contributed by atoms with Crippen LogP contribution in [0.5, 0.6) is 0 Å². The van der Waals surface area contributed by atoms with Crippen LogP contribution < -0.4 is 5.32 Å². The molecule has 0 aliphatic rings. The second-order valence-electron chi connectivity index (χ2n) is 6.39. The molecule has 1 amide bonds. The predicted molar refractivity (Wildman–Crippen MR) is 105 cm³/mol. The number of carbonyl (C=O) groups excluding carboxylic acids is 1. The zero-order valence-electron chi connectivity index (χ0n) is 15.8. The minimum absolute atomic E-state index is 0.0987. The van der Waals surface area contributed by atoms with Crippen LogP contribution in [-0.2, 0) is 30.9 Å². The third kappa shape index (κ3) is 4.63. The van der Waals surface area contributed by atoms with Gasteiger partial charge >= 0.3 is 0 Å². The highest BCUT2D eigenvalue weighted by Crippen LogP contribution is 2.14. The van der Waals surface area contributed by atoms with Crippen LogP contribution in [0.4, 0.5) is 0 Å². The maximum absolute atomic E-state index is 12.7. The van der Waals surface area contributed by atoms with Gasteiger partial charge in [-0.1, -0.05) is 61.5 Å². The summed E-state index contributed by atoms with van der Waals surface area (Å²) in [4.78, 5) is 12.7. The number of amides is 1. The van der Waals surface area contributed by atoms with E-state index in [1.807, 2.05) is 54.1 Å². The van der Waals surface area contributed by atoms with Crippen molar-refractivity contribution < 1.29 is 9.53 Å². The molecular formula is C22H25N3O2. The normalized spacial score (nSPS) is 10.7. The third-order valence-corrected chi connectivity index (χ3v) is 4.56. The molecule has 3 aromatic rings. The average Bonchev–Trinajstić information content (AvgIpc) is 3.10. The lowest BCUT2D eigenvalue weighted by Crippen LogP contribution is -2.24. The molecule has 0 spiro atoms. The maximum Gasteiger partial charge on any atom is 0.255 e. The number of nitrogens with zero attached hydrogens (tertiary/aromatic N) is 2. The van der Waals surface area contributed by atoms with Gasteiger partial charge in [0.05, 0.1) is 30.6 Å². The molecular weight excluding hydrogens is 338 g/mol. The molecule has 140 valence electrons. The van der Waals surface area contributed by atoms with E-state index in [0.29, 0.717) is 25.3 Å². The van der Waals surface area contributed by atoms with E-state index < -0.39 is 0 Å². The summed E-state index contributed by atoms with van der Waals surface area (Å²) in [6.07, 6.45) is 2.41. The molecule has 27 heavy (non-hydrogen) atoms. The number of carbonyl (C=O) groups is 1. The zero-order valence-corrected chi connectivity index (χ0v) is 15.8. The zero-order chi connectivity index (χ0) is 19.1. The molecule has 0 aliphatic heterocycles. The Morgan fingerprint density at radius 1 is 1.07 bits per heavy atom. The molecule has 3 rings (SSSR count). The Morgan fingerprint density at radius 2 is 1.78 bits per heavy atom. The molecule has 1 aromatic heterocycles. The van der Waals surface area contributed by atoms with Crippen LogP contribution in [0, 0.1) is 0 Å². The summed E-state index contributed by atoms with van der Waals surface area (Å²) < 4.78 is 7.14. The molecule has 0 fully saturated rings. The van der Waals surface area contributed by atoms with Crippen LogP contribution in [-0.4, -0.2) is 22.8 Å². The maximum atomic E-state index is 12.7. The van der Waals surface area contributed by atoms with E-state index in [2.05, 4.69) is 22.5 Å². The SMILES string of the molecule is CCc1c(C(=O)NCc2ccccc2COC)cnn1Cc1ccccc1. The number of hydrogen-bond acceptors (Lipinski definition) is 3. The molecule has 1 N–H and O–H groups in total. The van der Waals surface area contributed by atoms with Crippen LogP contribution in [0.15, 0.2) is 60.8 Å². The molecule has 0 saturated carbocycles. The fraction of sp³-hybridized carbons (Fsp3) is 0.273. The van der Waals surface area contributed by atoms with E-state index in [9.17, 15) is 4.79 Å². The molecule has 0 saturated heterocycles. The Morgan fingerprint density at radius 3 is 2.48 bits per heavy atom. The number of aromatic nitrogens is 2. The lowest BCUT2D eigenvalue weighted by molar-refractivity contribution is 0.0949. The molecule has 2 aromatic carbocycles. The van der Waals surface area contributed by atoms with Gasteiger partial charge in [-0.2, -0.15) is 5.10 Å². The fourth-order valence-corrected chi connectivity index (χ4v) is 3.16. The first-order valence-electron chi connectivity index (χ1n) is 9.15. The van der Waals surface area contributed by atoms with Crippen molar-refractivity contribution >= 4 is 5.91 Å². The van der Waals surface area contributed by atoms with Crippen molar-refractivity contribution in [3.63, 3.8) is 0 Å². The molecule has 0 aliphatic carbocycles. The fourth-order valence-electron chi connectivity index (χ4n) is 3.16. The van der Waals surface area contributed by atoms with E-state index >= 15 is 0 Å². The monoisotopic (exact) mass is 363 g/mol. The average molecular weight is 363 g/mol. The first-order valence-corrected chi connectivity index (χ1v) is 9.15. The van der Waals surface area contributed by atoms with Crippen molar-refractivity contribution in [1.29, 1.82) is 0 Å². The summed E-state index contributed by atoms with van der Waals surface area (Å²) in [5, 5.41) is 7.46. The van der Waals surface area contributed by atoms with Crippen molar-refractivity contribution in [3.8, 4) is 0 Å². The van der Waals surface area contributed by atoms with Crippen molar-refractivity contribution in [2.75, 3.05) is 7.11 Å². The number of methoxy groups -OCH3 is 1. The van der Waals surface area contributed by atoms with E-state index in [0.717, 1.165) is 28.8 Å². The van der Waals surface area contributed by atoms with Crippen LogP contribution in [0.3, 0.4) is 0 Å². The van der Waals surface area contributed by atoms with Gasteiger partial charge in [-0.3, -0.25) is 9.48 Å². The van der Waals surface area contributed by atoms with Gasteiger partial charge in [0.25, 0.3) is 5.91 Å². The summed E-state index contributed by atoms with van der Waals surface area (Å²) in [5.41, 5.74) is 4.88. The summed E-state index contributed by atoms with van der Waals surface area (Å²) in [5.74, 6) is -0.0987. The minimum Gasteiger partial charge on any atom is -0.380 e. The van der Waals surface area contributed by atoms with Crippen molar-refractivity contribution in [2.45, 2.75) is 33.0 Å². The third-order valence-electron chi connectivity index (χ3n) is 4.56. The second kappa shape index (κ2) is 9.14. The van der Waals surface area contributed by atoms with Crippen LogP contribution in [0.1, 0.15) is 39.7 Å². The molecule has 5 nitrogen and oxygen atoms in total. The Hall–Kier alpha value is -2.92. The van der Waals surface area contributed by atoms with Gasteiger partial charge in [0.15, 0.2) is 0 Å². The Labute approximate surface area is 160 Å². The van der Waals surface area contributed by atoms with E-state index in [1.165, 1.54) is 0 Å². The first kappa shape index (κ1) is 18.9. The second-order valence-corrected chi connectivity index (χ2v) is 6.39. The first-order chi connectivity index (χ1) is 13.2.